The zero-order valence-corrected chi connectivity index (χ0v) is 10.8. The van der Waals surface area contributed by atoms with Crippen LogP contribution in [0.4, 0.5) is 0 Å². The van der Waals surface area contributed by atoms with Crippen molar-refractivity contribution in [1.82, 2.24) is 0 Å². The van der Waals surface area contributed by atoms with Crippen LogP contribution in [0.3, 0.4) is 0 Å². The molecule has 1 aromatic carbocycles. The van der Waals surface area contributed by atoms with Gasteiger partial charge in [-0.15, -0.1) is 0 Å². The van der Waals surface area contributed by atoms with E-state index < -0.39 is 29.8 Å². The zero-order chi connectivity index (χ0) is 13.4. The first-order valence-electron chi connectivity index (χ1n) is 4.31. The summed E-state index contributed by atoms with van der Waals surface area (Å²) in [6.45, 7) is 1.40. The van der Waals surface area contributed by atoms with Gasteiger partial charge >= 0.3 is 0 Å². The van der Waals surface area contributed by atoms with Crippen LogP contribution in [0.2, 0.25) is 0 Å². The van der Waals surface area contributed by atoms with E-state index in [-0.39, 0.29) is 11.3 Å². The second-order valence-corrected chi connectivity index (χ2v) is 6.39. The summed E-state index contributed by atoms with van der Waals surface area (Å²) in [5, 5.41) is 9.90. The minimum atomic E-state index is -4.21. The predicted octanol–water partition coefficient (Wildman–Crippen LogP) is -0.702. The lowest BCUT2D eigenvalue weighted by atomic mass is 10.2. The topological polar surface area (TPSA) is 130 Å². The molecule has 0 bridgehead atoms. The van der Waals surface area contributed by atoms with E-state index in [0.29, 0.717) is 0 Å². The molecule has 0 spiro atoms. The fourth-order valence-corrected chi connectivity index (χ4v) is 3.65. The second kappa shape index (κ2) is 4.26. The molecular formula is C8H12N2O5S2. The van der Waals surface area contributed by atoms with Crippen molar-refractivity contribution in [2.24, 2.45) is 10.3 Å². The third-order valence-corrected chi connectivity index (χ3v) is 4.22. The standard InChI is InChI=1S/C8H12N2O5S2/c1-5-3-6(15-2)4-7(16(9,11)12)8(5)17(10,13)14/h3-4H,1-2H3,(H2,9,11,12)(H2,10,13,14). The summed E-state index contributed by atoms with van der Waals surface area (Å²) in [6, 6.07) is 2.37. The number of rotatable bonds is 3. The number of nitrogens with two attached hydrogens (primary N) is 2. The van der Waals surface area contributed by atoms with E-state index in [1.165, 1.54) is 20.1 Å². The first-order chi connectivity index (χ1) is 7.57. The van der Waals surface area contributed by atoms with Gasteiger partial charge in [0.05, 0.1) is 7.11 Å². The van der Waals surface area contributed by atoms with Crippen molar-refractivity contribution in [2.75, 3.05) is 7.11 Å². The molecule has 17 heavy (non-hydrogen) atoms. The van der Waals surface area contributed by atoms with Gasteiger partial charge in [0.25, 0.3) is 0 Å². The van der Waals surface area contributed by atoms with E-state index in [4.69, 9.17) is 15.0 Å². The molecule has 0 aliphatic carbocycles. The van der Waals surface area contributed by atoms with Gasteiger partial charge in [0.15, 0.2) is 0 Å². The lowest BCUT2D eigenvalue weighted by molar-refractivity contribution is 0.412. The molecule has 0 atom stereocenters. The number of hydrogen-bond donors (Lipinski definition) is 2. The molecule has 0 saturated carbocycles. The molecule has 0 unspecified atom stereocenters. The highest BCUT2D eigenvalue weighted by Gasteiger charge is 2.25. The van der Waals surface area contributed by atoms with E-state index in [1.54, 1.807) is 0 Å². The Labute approximate surface area is 99.5 Å². The molecule has 0 aliphatic heterocycles. The number of sulfonamides is 2. The molecular weight excluding hydrogens is 268 g/mol. The molecule has 9 heteroatoms. The first kappa shape index (κ1) is 13.9. The molecule has 7 nitrogen and oxygen atoms in total. The lowest BCUT2D eigenvalue weighted by Gasteiger charge is -2.11. The molecule has 96 valence electrons. The minimum Gasteiger partial charge on any atom is -0.497 e. The van der Waals surface area contributed by atoms with Gasteiger partial charge in [-0.25, -0.2) is 27.1 Å². The Kier molecular flexibility index (Phi) is 3.48. The molecule has 0 saturated heterocycles. The number of ether oxygens (including phenoxy) is 1. The quantitative estimate of drug-likeness (QED) is 0.756. The second-order valence-electron chi connectivity index (χ2n) is 3.36. The molecule has 1 rings (SSSR count). The van der Waals surface area contributed by atoms with Crippen LogP contribution in [0.5, 0.6) is 5.75 Å². The van der Waals surface area contributed by atoms with Crippen LogP contribution in [0.1, 0.15) is 5.56 Å². The van der Waals surface area contributed by atoms with Gasteiger partial charge in [0.2, 0.25) is 20.0 Å². The highest BCUT2D eigenvalue weighted by Crippen LogP contribution is 2.27. The average molecular weight is 280 g/mol. The lowest BCUT2D eigenvalue weighted by Crippen LogP contribution is -2.22. The normalized spacial score (nSPS) is 12.5. The number of primary sulfonamides is 2. The van der Waals surface area contributed by atoms with Crippen LogP contribution in [0, 0.1) is 6.92 Å². The minimum absolute atomic E-state index is 0.149. The van der Waals surface area contributed by atoms with E-state index >= 15 is 0 Å². The van der Waals surface area contributed by atoms with Gasteiger partial charge in [0, 0.05) is 6.07 Å². The van der Waals surface area contributed by atoms with Gasteiger partial charge < -0.3 is 4.74 Å². The van der Waals surface area contributed by atoms with Crippen molar-refractivity contribution in [1.29, 1.82) is 0 Å². The van der Waals surface area contributed by atoms with Crippen LogP contribution < -0.4 is 15.0 Å². The van der Waals surface area contributed by atoms with E-state index in [0.717, 1.165) is 6.07 Å². The summed E-state index contributed by atoms with van der Waals surface area (Å²) < 4.78 is 50.2. The average Bonchev–Trinajstić information content (AvgIpc) is 2.12. The molecule has 0 aromatic heterocycles. The number of hydrogen-bond acceptors (Lipinski definition) is 5. The van der Waals surface area contributed by atoms with Crippen molar-refractivity contribution in [3.63, 3.8) is 0 Å². The van der Waals surface area contributed by atoms with Crippen molar-refractivity contribution in [3.05, 3.63) is 17.7 Å². The first-order valence-corrected chi connectivity index (χ1v) is 7.41. The molecule has 0 aliphatic rings. The van der Waals surface area contributed by atoms with Crippen molar-refractivity contribution in [2.45, 2.75) is 16.7 Å². The van der Waals surface area contributed by atoms with Gasteiger partial charge in [-0.3, -0.25) is 0 Å². The van der Waals surface area contributed by atoms with Crippen LogP contribution in [0.25, 0.3) is 0 Å². The van der Waals surface area contributed by atoms with E-state index in [1.807, 2.05) is 0 Å². The summed E-state index contributed by atoms with van der Waals surface area (Å²) in [5.74, 6) is 0.180. The van der Waals surface area contributed by atoms with Crippen molar-refractivity contribution >= 4 is 20.0 Å². The van der Waals surface area contributed by atoms with Crippen LogP contribution in [0.15, 0.2) is 21.9 Å². The van der Waals surface area contributed by atoms with Gasteiger partial charge in [-0.1, -0.05) is 0 Å². The predicted molar refractivity (Wildman–Crippen MR) is 60.5 cm³/mol. The van der Waals surface area contributed by atoms with Gasteiger partial charge in [0.1, 0.15) is 15.5 Å². The Hall–Kier alpha value is -1.16. The summed E-state index contributed by atoms with van der Waals surface area (Å²) in [5.41, 5.74) is 0.149. The molecule has 0 fully saturated rings. The highest BCUT2D eigenvalue weighted by molar-refractivity contribution is 7.92. The summed E-state index contributed by atoms with van der Waals surface area (Å²) in [6.07, 6.45) is 0. The maximum atomic E-state index is 11.3. The molecule has 0 heterocycles. The Balaban J connectivity index is 3.83. The largest absolute Gasteiger partial charge is 0.497 e. The van der Waals surface area contributed by atoms with Crippen molar-refractivity contribution in [3.8, 4) is 5.75 Å². The summed E-state index contributed by atoms with van der Waals surface area (Å²) in [4.78, 5) is -1.09. The van der Waals surface area contributed by atoms with Crippen LogP contribution >= 0.6 is 0 Å². The molecule has 4 N–H and O–H groups in total. The fourth-order valence-electron chi connectivity index (χ4n) is 1.40. The molecule has 0 amide bonds. The maximum absolute atomic E-state index is 11.3. The molecule has 1 aromatic rings. The van der Waals surface area contributed by atoms with Crippen LogP contribution in [-0.2, 0) is 20.0 Å². The van der Waals surface area contributed by atoms with E-state index in [2.05, 4.69) is 0 Å². The highest BCUT2D eigenvalue weighted by atomic mass is 32.2. The van der Waals surface area contributed by atoms with Gasteiger partial charge in [-0.2, -0.15) is 0 Å². The fraction of sp³-hybridized carbons (Fsp3) is 0.250. The Morgan fingerprint density at radius 1 is 1.06 bits per heavy atom. The van der Waals surface area contributed by atoms with Crippen molar-refractivity contribution < 1.29 is 21.6 Å². The third kappa shape index (κ3) is 2.94. The number of methoxy groups -OCH3 is 1. The Morgan fingerprint density at radius 2 is 1.59 bits per heavy atom. The van der Waals surface area contributed by atoms with E-state index in [9.17, 15) is 16.8 Å². The molecule has 0 radical (unpaired) electrons. The Bertz CT molecular complexity index is 649. The van der Waals surface area contributed by atoms with Gasteiger partial charge in [-0.05, 0) is 18.6 Å². The zero-order valence-electron chi connectivity index (χ0n) is 9.17. The SMILES string of the molecule is COc1cc(C)c(S(N)(=O)=O)c(S(N)(=O)=O)c1. The number of aryl methyl sites for hydroxylation is 1. The monoisotopic (exact) mass is 280 g/mol. The summed E-state index contributed by atoms with van der Waals surface area (Å²) >= 11 is 0. The Morgan fingerprint density at radius 3 is 1.94 bits per heavy atom. The number of benzene rings is 1. The summed E-state index contributed by atoms with van der Waals surface area (Å²) in [7, 11) is -7.08. The smallest absolute Gasteiger partial charge is 0.239 e. The van der Waals surface area contributed by atoms with Crippen LogP contribution in [-0.4, -0.2) is 23.9 Å². The third-order valence-electron chi connectivity index (χ3n) is 2.04. The maximum Gasteiger partial charge on any atom is 0.239 e.